The Balaban J connectivity index is 2.04. The van der Waals surface area contributed by atoms with Crippen molar-refractivity contribution in [1.82, 2.24) is 14.7 Å². The van der Waals surface area contributed by atoms with Gasteiger partial charge in [0.05, 0.1) is 17.5 Å². The molecule has 2 rings (SSSR count). The molecule has 0 saturated heterocycles. The first-order chi connectivity index (χ1) is 9.76. The van der Waals surface area contributed by atoms with Crippen molar-refractivity contribution in [2.45, 2.75) is 39.3 Å². The van der Waals surface area contributed by atoms with E-state index in [2.05, 4.69) is 10.00 Å². The van der Waals surface area contributed by atoms with Crippen LogP contribution >= 0.6 is 0 Å². The lowest BCUT2D eigenvalue weighted by Gasteiger charge is -2.28. The van der Waals surface area contributed by atoms with E-state index in [1.165, 1.54) is 4.68 Å². The van der Waals surface area contributed by atoms with Crippen LogP contribution in [0.5, 0.6) is 0 Å². The first kappa shape index (κ1) is 16.1. The summed E-state index contributed by atoms with van der Waals surface area (Å²) in [4.78, 5) is 14.1. The van der Waals surface area contributed by atoms with Crippen molar-refractivity contribution >= 4 is 10.0 Å². The van der Waals surface area contributed by atoms with Crippen LogP contribution in [0.25, 0.3) is 0 Å². The number of sulfonamides is 1. The number of rotatable bonds is 5. The van der Waals surface area contributed by atoms with Crippen LogP contribution in [0.3, 0.4) is 0 Å². The molecule has 1 aromatic heterocycles. The molecule has 1 aliphatic rings. The van der Waals surface area contributed by atoms with Gasteiger partial charge in [0.1, 0.15) is 0 Å². The Bertz CT molecular complexity index is 666. The highest BCUT2D eigenvalue weighted by molar-refractivity contribution is 7.89. The van der Waals surface area contributed by atoms with Crippen LogP contribution in [0.2, 0.25) is 0 Å². The van der Waals surface area contributed by atoms with E-state index in [4.69, 9.17) is 5.14 Å². The van der Waals surface area contributed by atoms with Crippen LogP contribution in [0.4, 0.5) is 0 Å². The smallest absolute Gasteiger partial charge is 0.267 e. The maximum Gasteiger partial charge on any atom is 0.267 e. The summed E-state index contributed by atoms with van der Waals surface area (Å²) in [5.74, 6) is -0.0104. The van der Waals surface area contributed by atoms with Gasteiger partial charge in [-0.15, -0.1) is 0 Å². The average Bonchev–Trinajstić information content (AvgIpc) is 2.35. The molecule has 1 aromatic rings. The van der Waals surface area contributed by atoms with Gasteiger partial charge < -0.3 is 0 Å². The van der Waals surface area contributed by atoms with Crippen molar-refractivity contribution in [1.29, 1.82) is 0 Å². The van der Waals surface area contributed by atoms with Gasteiger partial charge in [-0.1, -0.05) is 0 Å². The monoisotopic (exact) mass is 314 g/mol. The Morgan fingerprint density at radius 2 is 2.14 bits per heavy atom. The van der Waals surface area contributed by atoms with Crippen LogP contribution in [-0.4, -0.2) is 41.9 Å². The molecule has 1 aliphatic heterocycles. The maximum atomic E-state index is 12.0. The van der Waals surface area contributed by atoms with Gasteiger partial charge in [-0.25, -0.2) is 18.2 Å². The molecule has 0 aliphatic carbocycles. The minimum Gasteiger partial charge on any atom is -0.299 e. The Hall–Kier alpha value is -1.25. The number of fused-ring (bicyclic) bond motifs is 1. The molecule has 7 nitrogen and oxygen atoms in total. The molecule has 0 spiro atoms. The van der Waals surface area contributed by atoms with Crippen molar-refractivity contribution in [3.63, 3.8) is 0 Å². The first-order valence-electron chi connectivity index (χ1n) is 7.11. The normalized spacial score (nSPS) is 16.2. The van der Waals surface area contributed by atoms with Gasteiger partial charge in [-0.05, 0) is 32.4 Å². The van der Waals surface area contributed by atoms with Crippen molar-refractivity contribution < 1.29 is 8.42 Å². The zero-order valence-electron chi connectivity index (χ0n) is 12.4. The molecule has 2 heterocycles. The van der Waals surface area contributed by atoms with E-state index in [1.807, 2.05) is 13.8 Å². The van der Waals surface area contributed by atoms with Crippen molar-refractivity contribution in [3.8, 4) is 0 Å². The number of hydrogen-bond donors (Lipinski definition) is 1. The number of nitrogens with zero attached hydrogens (tertiary/aromatic N) is 3. The molecule has 2 N–H and O–H groups in total. The zero-order chi connectivity index (χ0) is 15.6. The van der Waals surface area contributed by atoms with Crippen LogP contribution < -0.4 is 10.7 Å². The van der Waals surface area contributed by atoms with E-state index in [0.717, 1.165) is 24.2 Å². The molecule has 0 radical (unpaired) electrons. The van der Waals surface area contributed by atoms with E-state index in [1.54, 1.807) is 6.07 Å². The highest BCUT2D eigenvalue weighted by Crippen LogP contribution is 2.16. The van der Waals surface area contributed by atoms with Gasteiger partial charge in [0.25, 0.3) is 5.56 Å². The summed E-state index contributed by atoms with van der Waals surface area (Å²) in [6.45, 7) is 5.98. The molecular formula is C13H22N4O3S. The van der Waals surface area contributed by atoms with E-state index < -0.39 is 10.0 Å². The number of hydrogen-bond acceptors (Lipinski definition) is 5. The summed E-state index contributed by atoms with van der Waals surface area (Å²) >= 11 is 0. The number of nitrogens with two attached hydrogens (primary N) is 1. The lowest BCUT2D eigenvalue weighted by Crippen LogP contribution is -2.36. The second-order valence-electron chi connectivity index (χ2n) is 5.74. The third-order valence-electron chi connectivity index (χ3n) is 3.57. The van der Waals surface area contributed by atoms with Gasteiger partial charge in [0.2, 0.25) is 10.0 Å². The molecule has 118 valence electrons. The fourth-order valence-electron chi connectivity index (χ4n) is 2.52. The quantitative estimate of drug-likeness (QED) is 0.816. The standard InChI is InChI=1S/C13H22N4O3S/c1-10(2)17-13(18)8-11-9-16(6-4-12(11)15-17)5-3-7-21(14,19)20/h8,10H,3-7,9H2,1-2H3,(H2,14,19,20). The molecule has 0 saturated carbocycles. The summed E-state index contributed by atoms with van der Waals surface area (Å²) in [6, 6.07) is 1.70. The highest BCUT2D eigenvalue weighted by atomic mass is 32.2. The van der Waals surface area contributed by atoms with E-state index in [9.17, 15) is 13.2 Å². The topological polar surface area (TPSA) is 98.3 Å². The number of primary sulfonamides is 1. The predicted octanol–water partition coefficient (Wildman–Crippen LogP) is -0.139. The fraction of sp³-hybridized carbons (Fsp3) is 0.692. The average molecular weight is 314 g/mol. The molecule has 0 amide bonds. The second kappa shape index (κ2) is 6.25. The van der Waals surface area contributed by atoms with Gasteiger partial charge in [-0.3, -0.25) is 9.69 Å². The van der Waals surface area contributed by atoms with Gasteiger partial charge in [-0.2, -0.15) is 5.10 Å². The van der Waals surface area contributed by atoms with Gasteiger partial charge in [0, 0.05) is 25.6 Å². The molecule has 0 atom stereocenters. The zero-order valence-corrected chi connectivity index (χ0v) is 13.3. The third kappa shape index (κ3) is 4.36. The Labute approximate surface area is 124 Å². The summed E-state index contributed by atoms with van der Waals surface area (Å²) in [5.41, 5.74) is 1.82. The summed E-state index contributed by atoms with van der Waals surface area (Å²) in [5, 5.41) is 9.42. The highest BCUT2D eigenvalue weighted by Gasteiger charge is 2.19. The first-order valence-corrected chi connectivity index (χ1v) is 8.82. The SMILES string of the molecule is CC(C)n1nc2c(cc1=O)CN(CCCS(N)(=O)=O)CC2. The van der Waals surface area contributed by atoms with E-state index in [0.29, 0.717) is 19.5 Å². The van der Waals surface area contributed by atoms with Crippen molar-refractivity contribution in [3.05, 3.63) is 27.7 Å². The Morgan fingerprint density at radius 1 is 1.43 bits per heavy atom. The van der Waals surface area contributed by atoms with Crippen LogP contribution in [0.15, 0.2) is 10.9 Å². The molecule has 8 heteroatoms. The molecule has 21 heavy (non-hydrogen) atoms. The predicted molar refractivity (Wildman–Crippen MR) is 80.5 cm³/mol. The summed E-state index contributed by atoms with van der Waals surface area (Å²) < 4.78 is 23.4. The number of aromatic nitrogens is 2. The van der Waals surface area contributed by atoms with E-state index in [-0.39, 0.29) is 17.4 Å². The van der Waals surface area contributed by atoms with E-state index >= 15 is 0 Å². The molecule has 0 aromatic carbocycles. The summed E-state index contributed by atoms with van der Waals surface area (Å²) in [6.07, 6.45) is 1.28. The van der Waals surface area contributed by atoms with Crippen LogP contribution in [-0.2, 0) is 23.0 Å². The lowest BCUT2D eigenvalue weighted by molar-refractivity contribution is 0.249. The summed E-state index contributed by atoms with van der Waals surface area (Å²) in [7, 11) is -3.40. The molecule has 0 bridgehead atoms. The second-order valence-corrected chi connectivity index (χ2v) is 7.47. The fourth-order valence-corrected chi connectivity index (χ4v) is 3.06. The molecule has 0 unspecified atom stereocenters. The van der Waals surface area contributed by atoms with Gasteiger partial charge >= 0.3 is 0 Å². The minimum absolute atomic E-state index is 0.0104. The Kier molecular flexibility index (Phi) is 4.80. The van der Waals surface area contributed by atoms with Crippen molar-refractivity contribution in [2.24, 2.45) is 5.14 Å². The Morgan fingerprint density at radius 3 is 2.76 bits per heavy atom. The third-order valence-corrected chi connectivity index (χ3v) is 4.43. The maximum absolute atomic E-state index is 12.0. The van der Waals surface area contributed by atoms with Crippen LogP contribution in [0, 0.1) is 0 Å². The minimum atomic E-state index is -3.40. The van der Waals surface area contributed by atoms with Crippen molar-refractivity contribution in [2.75, 3.05) is 18.8 Å². The van der Waals surface area contributed by atoms with Crippen LogP contribution in [0.1, 0.15) is 37.6 Å². The molecular weight excluding hydrogens is 292 g/mol. The molecule has 0 fully saturated rings. The van der Waals surface area contributed by atoms with Gasteiger partial charge in [0.15, 0.2) is 0 Å². The largest absolute Gasteiger partial charge is 0.299 e. The lowest BCUT2D eigenvalue weighted by atomic mass is 10.1.